The summed E-state index contributed by atoms with van der Waals surface area (Å²) in [7, 11) is 1.62. The van der Waals surface area contributed by atoms with Crippen LogP contribution in [0.2, 0.25) is 10.0 Å². The van der Waals surface area contributed by atoms with E-state index >= 15 is 0 Å². The number of thioether (sulfide) groups is 1. The Morgan fingerprint density at radius 2 is 1.84 bits per heavy atom. The number of benzene rings is 2. The van der Waals surface area contributed by atoms with Gasteiger partial charge in [0, 0.05) is 34.2 Å². The topological polar surface area (TPSA) is 38.3 Å². The predicted octanol–water partition coefficient (Wildman–Crippen LogP) is 5.06. The van der Waals surface area contributed by atoms with E-state index in [9.17, 15) is 4.79 Å². The average molecular weight is 396 g/mol. The van der Waals surface area contributed by atoms with Crippen molar-refractivity contribution in [3.8, 4) is 5.75 Å². The summed E-state index contributed by atoms with van der Waals surface area (Å²) in [6.07, 6.45) is 3.29. The number of carbonyl (C=O) groups is 1. The number of amides is 1. The maximum absolute atomic E-state index is 11.8. The zero-order valence-electron chi connectivity index (χ0n) is 13.8. The summed E-state index contributed by atoms with van der Waals surface area (Å²) in [6, 6.07) is 13.0. The monoisotopic (exact) mass is 395 g/mol. The van der Waals surface area contributed by atoms with Crippen LogP contribution in [-0.2, 0) is 10.5 Å². The fraction of sp³-hybridized carbons (Fsp3) is 0.211. The maximum Gasteiger partial charge on any atom is 0.244 e. The number of hydrogen-bond acceptors (Lipinski definition) is 3. The Labute approximate surface area is 162 Å². The average Bonchev–Trinajstić information content (AvgIpc) is 2.62. The summed E-state index contributed by atoms with van der Waals surface area (Å²) >= 11 is 13.9. The van der Waals surface area contributed by atoms with Crippen LogP contribution < -0.4 is 10.1 Å². The van der Waals surface area contributed by atoms with Crippen LogP contribution in [0.4, 0.5) is 0 Å². The molecule has 0 spiro atoms. The largest absolute Gasteiger partial charge is 0.497 e. The van der Waals surface area contributed by atoms with Crippen LogP contribution in [0, 0.1) is 0 Å². The Kier molecular flexibility index (Phi) is 8.19. The SMILES string of the molecule is COc1ccc(/C=C/C(=O)NCCSCc2c(Cl)cccc2Cl)cc1. The second-order valence-corrected chi connectivity index (χ2v) is 7.07. The molecule has 0 unspecified atom stereocenters. The highest BCUT2D eigenvalue weighted by Crippen LogP contribution is 2.27. The van der Waals surface area contributed by atoms with Gasteiger partial charge < -0.3 is 10.1 Å². The van der Waals surface area contributed by atoms with Crippen LogP contribution in [-0.4, -0.2) is 25.3 Å². The molecule has 0 fully saturated rings. The maximum atomic E-state index is 11.8. The van der Waals surface area contributed by atoms with Gasteiger partial charge >= 0.3 is 0 Å². The van der Waals surface area contributed by atoms with E-state index in [1.807, 2.05) is 42.5 Å². The summed E-state index contributed by atoms with van der Waals surface area (Å²) in [4.78, 5) is 11.8. The fourth-order valence-electron chi connectivity index (χ4n) is 2.04. The van der Waals surface area contributed by atoms with E-state index < -0.39 is 0 Å². The number of carbonyl (C=O) groups excluding carboxylic acids is 1. The predicted molar refractivity (Wildman–Crippen MR) is 108 cm³/mol. The van der Waals surface area contributed by atoms with Crippen LogP contribution in [0.5, 0.6) is 5.75 Å². The van der Waals surface area contributed by atoms with Crippen molar-refractivity contribution in [2.24, 2.45) is 0 Å². The highest BCUT2D eigenvalue weighted by molar-refractivity contribution is 7.98. The van der Waals surface area contributed by atoms with Gasteiger partial charge in [-0.3, -0.25) is 4.79 Å². The van der Waals surface area contributed by atoms with E-state index in [0.29, 0.717) is 16.6 Å². The van der Waals surface area contributed by atoms with Crippen molar-refractivity contribution in [2.75, 3.05) is 19.4 Å². The molecule has 132 valence electrons. The smallest absolute Gasteiger partial charge is 0.244 e. The Bertz CT molecular complexity index is 712. The van der Waals surface area contributed by atoms with Crippen LogP contribution in [0.3, 0.4) is 0 Å². The van der Waals surface area contributed by atoms with Gasteiger partial charge in [0.15, 0.2) is 0 Å². The first-order valence-corrected chi connectivity index (χ1v) is 9.62. The van der Waals surface area contributed by atoms with Crippen molar-refractivity contribution in [1.82, 2.24) is 5.32 Å². The van der Waals surface area contributed by atoms with Crippen LogP contribution >= 0.6 is 35.0 Å². The van der Waals surface area contributed by atoms with E-state index in [2.05, 4.69) is 5.32 Å². The van der Waals surface area contributed by atoms with Gasteiger partial charge in [0.05, 0.1) is 7.11 Å². The van der Waals surface area contributed by atoms with Crippen molar-refractivity contribution in [3.05, 3.63) is 69.7 Å². The third-order valence-corrected chi connectivity index (χ3v) is 5.09. The van der Waals surface area contributed by atoms with Gasteiger partial charge in [0.2, 0.25) is 5.91 Å². The minimum Gasteiger partial charge on any atom is -0.497 e. The van der Waals surface area contributed by atoms with Gasteiger partial charge in [0.1, 0.15) is 5.75 Å². The van der Waals surface area contributed by atoms with Gasteiger partial charge in [-0.15, -0.1) is 0 Å². The lowest BCUT2D eigenvalue weighted by Gasteiger charge is -2.07. The highest BCUT2D eigenvalue weighted by Gasteiger charge is 2.05. The second kappa shape index (κ2) is 10.4. The fourth-order valence-corrected chi connectivity index (χ4v) is 3.63. The van der Waals surface area contributed by atoms with Crippen molar-refractivity contribution >= 4 is 46.9 Å². The molecule has 1 amide bonds. The van der Waals surface area contributed by atoms with Gasteiger partial charge in [-0.1, -0.05) is 41.4 Å². The molecule has 2 rings (SSSR count). The van der Waals surface area contributed by atoms with Crippen molar-refractivity contribution < 1.29 is 9.53 Å². The second-order valence-electron chi connectivity index (χ2n) is 5.15. The molecule has 0 aromatic heterocycles. The van der Waals surface area contributed by atoms with E-state index in [0.717, 1.165) is 28.4 Å². The van der Waals surface area contributed by atoms with Crippen LogP contribution in [0.25, 0.3) is 6.08 Å². The Balaban J connectivity index is 1.69. The number of methoxy groups -OCH3 is 1. The summed E-state index contributed by atoms with van der Waals surface area (Å²) in [5.74, 6) is 2.17. The zero-order chi connectivity index (χ0) is 18.1. The molecule has 1 N–H and O–H groups in total. The molecule has 3 nitrogen and oxygen atoms in total. The van der Waals surface area contributed by atoms with E-state index in [-0.39, 0.29) is 5.91 Å². The molecule has 25 heavy (non-hydrogen) atoms. The molecule has 0 bridgehead atoms. The summed E-state index contributed by atoms with van der Waals surface area (Å²) in [6.45, 7) is 0.582. The molecule has 0 aliphatic carbocycles. The Morgan fingerprint density at radius 1 is 1.16 bits per heavy atom. The number of halogens is 2. The molecule has 0 heterocycles. The third kappa shape index (κ3) is 6.65. The molecule has 6 heteroatoms. The first kappa shape index (κ1) is 19.7. The molecule has 0 aliphatic rings. The molecule has 2 aromatic carbocycles. The summed E-state index contributed by atoms with van der Waals surface area (Å²) in [5, 5.41) is 4.20. The lowest BCUT2D eigenvalue weighted by molar-refractivity contribution is -0.116. The molecule has 0 saturated carbocycles. The van der Waals surface area contributed by atoms with Crippen LogP contribution in [0.15, 0.2) is 48.5 Å². The first-order valence-electron chi connectivity index (χ1n) is 7.70. The van der Waals surface area contributed by atoms with Gasteiger partial charge in [-0.05, 0) is 41.5 Å². The number of nitrogens with one attached hydrogen (secondary N) is 1. The third-order valence-electron chi connectivity index (χ3n) is 3.40. The zero-order valence-corrected chi connectivity index (χ0v) is 16.1. The number of hydrogen-bond donors (Lipinski definition) is 1. The normalized spacial score (nSPS) is 10.8. The van der Waals surface area contributed by atoms with E-state index in [1.54, 1.807) is 24.9 Å². The molecule has 2 aromatic rings. The van der Waals surface area contributed by atoms with Crippen molar-refractivity contribution in [1.29, 1.82) is 0 Å². The molecular weight excluding hydrogens is 377 g/mol. The van der Waals surface area contributed by atoms with Gasteiger partial charge in [-0.2, -0.15) is 11.8 Å². The van der Waals surface area contributed by atoms with E-state index in [1.165, 1.54) is 6.08 Å². The van der Waals surface area contributed by atoms with Gasteiger partial charge in [-0.25, -0.2) is 0 Å². The van der Waals surface area contributed by atoms with Crippen molar-refractivity contribution in [2.45, 2.75) is 5.75 Å². The summed E-state index contributed by atoms with van der Waals surface area (Å²) in [5.41, 5.74) is 1.88. The molecule has 0 saturated heterocycles. The highest BCUT2D eigenvalue weighted by atomic mass is 35.5. The Hall–Kier alpha value is -1.62. The number of ether oxygens (including phenoxy) is 1. The lowest BCUT2D eigenvalue weighted by atomic mass is 10.2. The van der Waals surface area contributed by atoms with Crippen LogP contribution in [0.1, 0.15) is 11.1 Å². The molecule has 0 radical (unpaired) electrons. The standard InChI is InChI=1S/C19H19Cl2NO2S/c1-24-15-8-5-14(6-9-15)7-10-19(23)22-11-12-25-13-16-17(20)3-2-4-18(16)21/h2-10H,11-13H2,1H3,(H,22,23)/b10-7+. The summed E-state index contributed by atoms with van der Waals surface area (Å²) < 4.78 is 5.10. The minimum atomic E-state index is -0.118. The minimum absolute atomic E-state index is 0.118. The van der Waals surface area contributed by atoms with Gasteiger partial charge in [0.25, 0.3) is 0 Å². The quantitative estimate of drug-likeness (QED) is 0.501. The van der Waals surface area contributed by atoms with Crippen molar-refractivity contribution in [3.63, 3.8) is 0 Å². The van der Waals surface area contributed by atoms with E-state index in [4.69, 9.17) is 27.9 Å². The first-order chi connectivity index (χ1) is 12.1. The Morgan fingerprint density at radius 3 is 2.48 bits per heavy atom. The molecule has 0 aliphatic heterocycles. The lowest BCUT2D eigenvalue weighted by Crippen LogP contribution is -2.23. The number of rotatable bonds is 8. The molecule has 0 atom stereocenters. The molecular formula is C19H19Cl2NO2S.